The summed E-state index contributed by atoms with van der Waals surface area (Å²) in [4.78, 5) is 0. The van der Waals surface area contributed by atoms with E-state index in [9.17, 15) is 0 Å². The molecule has 0 spiro atoms. The molecule has 0 nitrogen and oxygen atoms in total. The standard InChI is InChI=1S/C18H18/c1(5-11-17-13-7-3-8-14-17)2-6-12-18-15-9-4-10-16-18/h3-16H,1-2H2/b11-5-,12-6-. The number of hydrogen-bond acceptors (Lipinski definition) is 0. The van der Waals surface area contributed by atoms with Gasteiger partial charge in [-0.3, -0.25) is 0 Å². The van der Waals surface area contributed by atoms with Crippen molar-refractivity contribution in [3.63, 3.8) is 0 Å². The maximum Gasteiger partial charge on any atom is -0.0260 e. The van der Waals surface area contributed by atoms with Gasteiger partial charge in [-0.2, -0.15) is 0 Å². The van der Waals surface area contributed by atoms with Crippen LogP contribution in [-0.4, -0.2) is 0 Å². The minimum Gasteiger partial charge on any atom is -0.0836 e. The Hall–Kier alpha value is -2.08. The molecule has 2 aromatic carbocycles. The fraction of sp³-hybridized carbons (Fsp3) is 0.111. The molecule has 0 unspecified atom stereocenters. The summed E-state index contributed by atoms with van der Waals surface area (Å²) in [5.74, 6) is 0. The highest BCUT2D eigenvalue weighted by molar-refractivity contribution is 5.50. The van der Waals surface area contributed by atoms with Crippen molar-refractivity contribution in [1.82, 2.24) is 0 Å². The van der Waals surface area contributed by atoms with Crippen LogP contribution in [0.3, 0.4) is 0 Å². The van der Waals surface area contributed by atoms with E-state index < -0.39 is 0 Å². The van der Waals surface area contributed by atoms with Crippen molar-refractivity contribution in [3.8, 4) is 0 Å². The van der Waals surface area contributed by atoms with Gasteiger partial charge in [0.2, 0.25) is 0 Å². The van der Waals surface area contributed by atoms with Gasteiger partial charge < -0.3 is 0 Å². The zero-order chi connectivity index (χ0) is 12.5. The first kappa shape index (κ1) is 12.4. The van der Waals surface area contributed by atoms with E-state index >= 15 is 0 Å². The third-order valence-electron chi connectivity index (χ3n) is 2.72. The zero-order valence-electron chi connectivity index (χ0n) is 10.5. The van der Waals surface area contributed by atoms with Gasteiger partial charge in [0.1, 0.15) is 0 Å². The summed E-state index contributed by atoms with van der Waals surface area (Å²) in [7, 11) is 0. The van der Waals surface area contributed by atoms with E-state index in [0.29, 0.717) is 0 Å². The van der Waals surface area contributed by atoms with E-state index in [4.69, 9.17) is 0 Å². The number of hydrogen-bond donors (Lipinski definition) is 0. The van der Waals surface area contributed by atoms with Crippen LogP contribution in [0, 0.1) is 0 Å². The molecule has 0 bridgehead atoms. The molecule has 0 fully saturated rings. The van der Waals surface area contributed by atoms with Gasteiger partial charge in [0.05, 0.1) is 0 Å². The average molecular weight is 234 g/mol. The van der Waals surface area contributed by atoms with Gasteiger partial charge in [-0.25, -0.2) is 0 Å². The molecule has 2 aromatic rings. The second-order valence-corrected chi connectivity index (χ2v) is 4.20. The highest BCUT2D eigenvalue weighted by atomic mass is 13.9. The topological polar surface area (TPSA) is 0 Å². The third kappa shape index (κ3) is 4.42. The van der Waals surface area contributed by atoms with E-state index in [1.165, 1.54) is 11.1 Å². The molecule has 0 radical (unpaired) electrons. The van der Waals surface area contributed by atoms with Gasteiger partial charge in [0.15, 0.2) is 0 Å². The van der Waals surface area contributed by atoms with E-state index in [0.717, 1.165) is 12.8 Å². The largest absolute Gasteiger partial charge is 0.0836 e. The second kappa shape index (κ2) is 7.29. The first-order valence-corrected chi connectivity index (χ1v) is 6.38. The van der Waals surface area contributed by atoms with Gasteiger partial charge in [-0.15, -0.1) is 0 Å². The van der Waals surface area contributed by atoms with Gasteiger partial charge in [-0.05, 0) is 24.0 Å². The van der Waals surface area contributed by atoms with Gasteiger partial charge >= 0.3 is 0 Å². The number of benzene rings is 2. The normalized spacial score (nSPS) is 11.3. The van der Waals surface area contributed by atoms with Crippen molar-refractivity contribution < 1.29 is 0 Å². The maximum atomic E-state index is 2.23. The maximum absolute atomic E-state index is 2.23. The molecule has 0 saturated heterocycles. The molecule has 2 rings (SSSR count). The molecule has 0 heteroatoms. The summed E-state index contributed by atoms with van der Waals surface area (Å²) in [6.07, 6.45) is 11.0. The van der Waals surface area contributed by atoms with Crippen molar-refractivity contribution in [2.24, 2.45) is 0 Å². The van der Waals surface area contributed by atoms with Crippen molar-refractivity contribution in [3.05, 3.63) is 83.9 Å². The van der Waals surface area contributed by atoms with Crippen LogP contribution in [0.1, 0.15) is 24.0 Å². The predicted molar refractivity (Wildman–Crippen MR) is 80.2 cm³/mol. The highest BCUT2D eigenvalue weighted by Gasteiger charge is 1.84. The van der Waals surface area contributed by atoms with Crippen LogP contribution in [0.5, 0.6) is 0 Å². The summed E-state index contributed by atoms with van der Waals surface area (Å²) in [5.41, 5.74) is 2.54. The SMILES string of the molecule is C(=C/c1ccccc1)/CC/C=C\c1ccccc1. The van der Waals surface area contributed by atoms with Gasteiger partial charge in [0, 0.05) is 0 Å². The molecule has 0 aromatic heterocycles. The lowest BCUT2D eigenvalue weighted by Gasteiger charge is -1.92. The van der Waals surface area contributed by atoms with Crippen molar-refractivity contribution in [1.29, 1.82) is 0 Å². The summed E-state index contributed by atoms with van der Waals surface area (Å²) < 4.78 is 0. The average Bonchev–Trinajstić information content (AvgIpc) is 2.45. The van der Waals surface area contributed by atoms with Crippen molar-refractivity contribution in [2.45, 2.75) is 12.8 Å². The summed E-state index contributed by atoms with van der Waals surface area (Å²) in [6.45, 7) is 0. The molecule has 0 aliphatic rings. The lowest BCUT2D eigenvalue weighted by molar-refractivity contribution is 1.06. The van der Waals surface area contributed by atoms with Crippen LogP contribution in [-0.2, 0) is 0 Å². The lowest BCUT2D eigenvalue weighted by atomic mass is 10.1. The molecule has 0 aliphatic carbocycles. The van der Waals surface area contributed by atoms with Crippen LogP contribution in [0.4, 0.5) is 0 Å². The summed E-state index contributed by atoms with van der Waals surface area (Å²) >= 11 is 0. The van der Waals surface area contributed by atoms with Crippen LogP contribution in [0.2, 0.25) is 0 Å². The Morgan fingerprint density at radius 1 is 0.556 bits per heavy atom. The first-order valence-electron chi connectivity index (χ1n) is 6.38. The monoisotopic (exact) mass is 234 g/mol. The minimum absolute atomic E-state index is 1.08. The van der Waals surface area contributed by atoms with Gasteiger partial charge in [0.25, 0.3) is 0 Å². The molecule has 0 saturated carbocycles. The molecular weight excluding hydrogens is 216 g/mol. The molecular formula is C18H18. The van der Waals surface area contributed by atoms with Crippen molar-refractivity contribution >= 4 is 12.2 Å². The summed E-state index contributed by atoms with van der Waals surface area (Å²) in [6, 6.07) is 20.8. The molecule has 18 heavy (non-hydrogen) atoms. The van der Waals surface area contributed by atoms with Crippen LogP contribution in [0.15, 0.2) is 72.8 Å². The number of allylic oxidation sites excluding steroid dienone is 2. The van der Waals surface area contributed by atoms with Crippen LogP contribution >= 0.6 is 0 Å². The predicted octanol–water partition coefficient (Wildman–Crippen LogP) is 5.19. The quantitative estimate of drug-likeness (QED) is 0.624. The smallest absolute Gasteiger partial charge is 0.0260 e. The van der Waals surface area contributed by atoms with Crippen LogP contribution < -0.4 is 0 Å². The zero-order valence-corrected chi connectivity index (χ0v) is 10.5. The van der Waals surface area contributed by atoms with Crippen molar-refractivity contribution in [2.75, 3.05) is 0 Å². The third-order valence-corrected chi connectivity index (χ3v) is 2.72. The first-order chi connectivity index (χ1) is 8.95. The second-order valence-electron chi connectivity index (χ2n) is 4.20. The van der Waals surface area contributed by atoms with E-state index in [1.807, 2.05) is 12.1 Å². The Kier molecular flexibility index (Phi) is 5.01. The minimum atomic E-state index is 1.08. The lowest BCUT2D eigenvalue weighted by Crippen LogP contribution is -1.71. The molecule has 0 heterocycles. The Morgan fingerprint density at radius 2 is 0.944 bits per heavy atom. The molecule has 90 valence electrons. The van der Waals surface area contributed by atoms with E-state index in [2.05, 4.69) is 72.8 Å². The van der Waals surface area contributed by atoms with Gasteiger partial charge in [-0.1, -0.05) is 85.0 Å². The Bertz CT molecular complexity index is 443. The van der Waals surface area contributed by atoms with E-state index in [-0.39, 0.29) is 0 Å². The van der Waals surface area contributed by atoms with Crippen LogP contribution in [0.25, 0.3) is 12.2 Å². The molecule has 0 aliphatic heterocycles. The molecule has 0 atom stereocenters. The highest BCUT2D eigenvalue weighted by Crippen LogP contribution is 2.05. The Morgan fingerprint density at radius 3 is 1.33 bits per heavy atom. The Labute approximate surface area is 109 Å². The molecule has 0 amide bonds. The summed E-state index contributed by atoms with van der Waals surface area (Å²) in [5, 5.41) is 0. The fourth-order valence-corrected chi connectivity index (χ4v) is 1.76. The number of rotatable bonds is 5. The fourth-order valence-electron chi connectivity index (χ4n) is 1.76. The molecule has 0 N–H and O–H groups in total. The number of unbranched alkanes of at least 4 members (excludes halogenated alkanes) is 1. The Balaban J connectivity index is 1.73. The van der Waals surface area contributed by atoms with E-state index in [1.54, 1.807) is 0 Å².